The van der Waals surface area contributed by atoms with Crippen molar-refractivity contribution in [1.29, 1.82) is 0 Å². The fourth-order valence-corrected chi connectivity index (χ4v) is 5.61. The largest absolute Gasteiger partial charge is 0.420 e. The van der Waals surface area contributed by atoms with Crippen molar-refractivity contribution < 1.29 is 4.74 Å². The molecular formula is C25H27BrN6O. The SMILES string of the molecule is Brc1ccc(C2c3c(ncnc3N3CCCCC3)Oc3ncnc(N4CCCCC4)c32)cc1. The molecule has 5 heterocycles. The lowest BCUT2D eigenvalue weighted by atomic mass is 9.84. The molecule has 0 unspecified atom stereocenters. The smallest absolute Gasteiger partial charge is 0.230 e. The van der Waals surface area contributed by atoms with Gasteiger partial charge in [-0.3, -0.25) is 0 Å². The molecule has 0 radical (unpaired) electrons. The maximum absolute atomic E-state index is 6.35. The number of fused-ring (bicyclic) bond motifs is 2. The zero-order valence-electron chi connectivity index (χ0n) is 18.6. The van der Waals surface area contributed by atoms with Gasteiger partial charge in [-0.2, -0.15) is 0 Å². The lowest BCUT2D eigenvalue weighted by Gasteiger charge is -2.36. The van der Waals surface area contributed by atoms with Crippen LogP contribution < -0.4 is 14.5 Å². The van der Waals surface area contributed by atoms with Crippen LogP contribution in [-0.4, -0.2) is 46.1 Å². The van der Waals surface area contributed by atoms with Gasteiger partial charge in [-0.25, -0.2) is 19.9 Å². The average Bonchev–Trinajstić information content (AvgIpc) is 2.88. The van der Waals surface area contributed by atoms with Crippen LogP contribution in [0, 0.1) is 0 Å². The summed E-state index contributed by atoms with van der Waals surface area (Å²) in [5.74, 6) is 3.08. The number of rotatable bonds is 3. The third kappa shape index (κ3) is 3.84. The van der Waals surface area contributed by atoms with Gasteiger partial charge < -0.3 is 14.5 Å². The minimum absolute atomic E-state index is 0.0897. The van der Waals surface area contributed by atoms with Gasteiger partial charge in [-0.05, 0) is 56.2 Å². The second-order valence-electron chi connectivity index (χ2n) is 9.01. The zero-order valence-corrected chi connectivity index (χ0v) is 20.2. The Labute approximate surface area is 202 Å². The Kier molecular flexibility index (Phi) is 5.62. The number of halogens is 1. The molecule has 6 rings (SSSR count). The summed E-state index contributed by atoms with van der Waals surface area (Å²) in [6.07, 6.45) is 10.5. The Balaban J connectivity index is 1.56. The van der Waals surface area contributed by atoms with E-state index in [1.165, 1.54) is 44.1 Å². The molecule has 170 valence electrons. The summed E-state index contributed by atoms with van der Waals surface area (Å²) in [5, 5.41) is 0. The zero-order chi connectivity index (χ0) is 22.2. The molecule has 8 heteroatoms. The molecule has 1 aromatic carbocycles. The quantitative estimate of drug-likeness (QED) is 0.373. The lowest BCUT2D eigenvalue weighted by molar-refractivity contribution is 0.411. The number of anilines is 2. The molecule has 0 saturated carbocycles. The van der Waals surface area contributed by atoms with Gasteiger partial charge >= 0.3 is 0 Å². The predicted molar refractivity (Wildman–Crippen MR) is 131 cm³/mol. The Morgan fingerprint density at radius 1 is 0.667 bits per heavy atom. The first-order valence-corrected chi connectivity index (χ1v) is 12.7. The maximum Gasteiger partial charge on any atom is 0.230 e. The molecule has 33 heavy (non-hydrogen) atoms. The van der Waals surface area contributed by atoms with Crippen LogP contribution >= 0.6 is 15.9 Å². The van der Waals surface area contributed by atoms with Crippen molar-refractivity contribution in [1.82, 2.24) is 19.9 Å². The van der Waals surface area contributed by atoms with Crippen molar-refractivity contribution in [3.8, 4) is 11.8 Å². The minimum atomic E-state index is -0.0897. The van der Waals surface area contributed by atoms with Crippen molar-refractivity contribution in [3.05, 3.63) is 58.1 Å². The first kappa shape index (κ1) is 20.8. The summed E-state index contributed by atoms with van der Waals surface area (Å²) in [7, 11) is 0. The van der Waals surface area contributed by atoms with Crippen LogP contribution in [-0.2, 0) is 0 Å². The molecule has 3 aromatic rings. The molecule has 0 spiro atoms. The molecule has 3 aliphatic rings. The Morgan fingerprint density at radius 3 is 1.64 bits per heavy atom. The Hall–Kier alpha value is -2.74. The topological polar surface area (TPSA) is 67.3 Å². The monoisotopic (exact) mass is 506 g/mol. The summed E-state index contributed by atoms with van der Waals surface area (Å²) >= 11 is 3.60. The second kappa shape index (κ2) is 8.89. The predicted octanol–water partition coefficient (Wildman–Crippen LogP) is 5.30. The van der Waals surface area contributed by atoms with E-state index in [9.17, 15) is 0 Å². The van der Waals surface area contributed by atoms with Crippen LogP contribution in [0.15, 0.2) is 41.4 Å². The highest BCUT2D eigenvalue weighted by molar-refractivity contribution is 9.10. The molecule has 0 bridgehead atoms. The first-order chi connectivity index (χ1) is 16.3. The van der Waals surface area contributed by atoms with Gasteiger partial charge in [0.05, 0.1) is 17.0 Å². The number of aromatic nitrogens is 4. The van der Waals surface area contributed by atoms with Gasteiger partial charge in [0.1, 0.15) is 24.3 Å². The van der Waals surface area contributed by atoms with Crippen LogP contribution in [0.3, 0.4) is 0 Å². The molecule has 2 aromatic heterocycles. The van der Waals surface area contributed by atoms with E-state index in [1.807, 2.05) is 0 Å². The van der Waals surface area contributed by atoms with E-state index in [1.54, 1.807) is 12.7 Å². The third-order valence-electron chi connectivity index (χ3n) is 6.94. The lowest BCUT2D eigenvalue weighted by Crippen LogP contribution is -2.34. The Morgan fingerprint density at radius 2 is 1.15 bits per heavy atom. The van der Waals surface area contributed by atoms with Crippen molar-refractivity contribution in [2.75, 3.05) is 36.0 Å². The van der Waals surface area contributed by atoms with Crippen molar-refractivity contribution in [3.63, 3.8) is 0 Å². The highest BCUT2D eigenvalue weighted by atomic mass is 79.9. The van der Waals surface area contributed by atoms with Crippen LogP contribution in [0.25, 0.3) is 0 Å². The number of ether oxygens (including phenoxy) is 1. The van der Waals surface area contributed by atoms with E-state index >= 15 is 0 Å². The van der Waals surface area contributed by atoms with E-state index in [0.717, 1.165) is 53.4 Å². The molecule has 3 aliphatic heterocycles. The molecule has 7 nitrogen and oxygen atoms in total. The Bertz CT molecular complexity index is 1070. The van der Waals surface area contributed by atoms with Gasteiger partial charge in [0.2, 0.25) is 11.8 Å². The van der Waals surface area contributed by atoms with E-state index in [4.69, 9.17) is 14.7 Å². The molecule has 0 atom stereocenters. The maximum atomic E-state index is 6.35. The second-order valence-corrected chi connectivity index (χ2v) is 9.93. The molecule has 2 saturated heterocycles. The number of hydrogen-bond acceptors (Lipinski definition) is 7. The van der Waals surface area contributed by atoms with Crippen LogP contribution in [0.5, 0.6) is 11.8 Å². The average molecular weight is 507 g/mol. The fraction of sp³-hybridized carbons (Fsp3) is 0.440. The summed E-state index contributed by atoms with van der Waals surface area (Å²) in [6.45, 7) is 4.03. The molecule has 0 aliphatic carbocycles. The minimum Gasteiger partial charge on any atom is -0.420 e. The van der Waals surface area contributed by atoms with E-state index in [2.05, 4.69) is 60.0 Å². The van der Waals surface area contributed by atoms with Crippen LogP contribution in [0.1, 0.15) is 61.1 Å². The number of nitrogens with zero attached hydrogens (tertiary/aromatic N) is 6. The van der Waals surface area contributed by atoms with Crippen LogP contribution in [0.2, 0.25) is 0 Å². The van der Waals surface area contributed by atoms with E-state index < -0.39 is 0 Å². The summed E-state index contributed by atoms with van der Waals surface area (Å²) in [6, 6.07) is 8.54. The number of piperidine rings is 2. The van der Waals surface area contributed by atoms with Gasteiger partial charge in [0.25, 0.3) is 0 Å². The normalized spacial score (nSPS) is 18.5. The first-order valence-electron chi connectivity index (χ1n) is 11.9. The molecular weight excluding hydrogens is 480 g/mol. The third-order valence-corrected chi connectivity index (χ3v) is 7.47. The van der Waals surface area contributed by atoms with Gasteiger partial charge in [0.15, 0.2) is 0 Å². The van der Waals surface area contributed by atoms with Gasteiger partial charge in [-0.15, -0.1) is 0 Å². The number of benzene rings is 1. The van der Waals surface area contributed by atoms with Crippen LogP contribution in [0.4, 0.5) is 11.6 Å². The highest BCUT2D eigenvalue weighted by Gasteiger charge is 2.38. The van der Waals surface area contributed by atoms with E-state index in [-0.39, 0.29) is 5.92 Å². The standard InChI is InChI=1S/C25H27BrN6O/c26-18-9-7-17(8-10-18)19-20-22(31-11-3-1-4-12-31)27-15-29-24(20)33-25-21(19)23(28-16-30-25)32-13-5-2-6-14-32/h7-10,15-16,19H,1-6,11-14H2. The fourth-order valence-electron chi connectivity index (χ4n) is 5.35. The van der Waals surface area contributed by atoms with E-state index in [0.29, 0.717) is 11.8 Å². The highest BCUT2D eigenvalue weighted by Crippen LogP contribution is 2.51. The van der Waals surface area contributed by atoms with Crippen molar-refractivity contribution in [2.24, 2.45) is 0 Å². The van der Waals surface area contributed by atoms with Gasteiger partial charge in [-0.1, -0.05) is 28.1 Å². The number of hydrogen-bond donors (Lipinski definition) is 0. The van der Waals surface area contributed by atoms with Crippen molar-refractivity contribution >= 4 is 27.6 Å². The molecule has 2 fully saturated rings. The summed E-state index contributed by atoms with van der Waals surface area (Å²) in [5.41, 5.74) is 3.23. The van der Waals surface area contributed by atoms with Gasteiger partial charge in [0, 0.05) is 30.7 Å². The summed E-state index contributed by atoms with van der Waals surface area (Å²) in [4.78, 5) is 23.5. The molecule has 0 N–H and O–H groups in total. The molecule has 0 amide bonds. The van der Waals surface area contributed by atoms with Crippen molar-refractivity contribution in [2.45, 2.75) is 44.4 Å². The summed E-state index contributed by atoms with van der Waals surface area (Å²) < 4.78 is 7.41.